The zero-order valence-corrected chi connectivity index (χ0v) is 11.1. The number of hydrogen-bond donors (Lipinski definition) is 0. The van der Waals surface area contributed by atoms with Gasteiger partial charge in [-0.3, -0.25) is 4.90 Å². The van der Waals surface area contributed by atoms with E-state index in [0.717, 1.165) is 24.9 Å². The number of nitrogens with zero attached hydrogens (tertiary/aromatic N) is 1. The van der Waals surface area contributed by atoms with Crippen LogP contribution in [-0.2, 0) is 6.54 Å². The van der Waals surface area contributed by atoms with Gasteiger partial charge in [0.1, 0.15) is 0 Å². The van der Waals surface area contributed by atoms with E-state index in [9.17, 15) is 8.78 Å². The molecule has 0 aromatic heterocycles. The molecule has 100 valence electrons. The third-order valence-corrected chi connectivity index (χ3v) is 3.90. The van der Waals surface area contributed by atoms with Gasteiger partial charge in [-0.1, -0.05) is 18.9 Å². The normalized spacial score (nSPS) is 21.8. The van der Waals surface area contributed by atoms with Crippen LogP contribution >= 0.6 is 11.6 Å². The molecule has 1 heterocycles. The third kappa shape index (κ3) is 3.42. The van der Waals surface area contributed by atoms with Gasteiger partial charge in [0.05, 0.1) is 0 Å². The van der Waals surface area contributed by atoms with Gasteiger partial charge < -0.3 is 0 Å². The Kier molecular flexibility index (Phi) is 4.95. The summed E-state index contributed by atoms with van der Waals surface area (Å²) in [7, 11) is 0. The van der Waals surface area contributed by atoms with Crippen molar-refractivity contribution in [1.82, 2.24) is 4.90 Å². The average Bonchev–Trinajstić information content (AvgIpc) is 2.59. The molecule has 0 bridgehead atoms. The smallest absolute Gasteiger partial charge is 0.159 e. The molecule has 2 rings (SSSR count). The van der Waals surface area contributed by atoms with Crippen molar-refractivity contribution in [3.63, 3.8) is 0 Å². The number of likely N-dealkylation sites (tertiary alicyclic amines) is 1. The van der Waals surface area contributed by atoms with Crippen LogP contribution in [0.4, 0.5) is 8.78 Å². The van der Waals surface area contributed by atoms with Crippen LogP contribution in [-0.4, -0.2) is 23.4 Å². The van der Waals surface area contributed by atoms with E-state index in [2.05, 4.69) is 4.90 Å². The molecule has 0 saturated carbocycles. The first-order valence-electron chi connectivity index (χ1n) is 6.44. The SMILES string of the molecule is Fc1ccc(CN2CCCCCC2CCl)cc1F. The van der Waals surface area contributed by atoms with Gasteiger partial charge in [0.2, 0.25) is 0 Å². The summed E-state index contributed by atoms with van der Waals surface area (Å²) in [6, 6.07) is 4.47. The van der Waals surface area contributed by atoms with Gasteiger partial charge in [0.25, 0.3) is 0 Å². The first kappa shape index (κ1) is 13.8. The van der Waals surface area contributed by atoms with Crippen molar-refractivity contribution in [2.75, 3.05) is 12.4 Å². The predicted octanol–water partition coefficient (Wildman–Crippen LogP) is 3.95. The minimum atomic E-state index is -0.788. The van der Waals surface area contributed by atoms with Crippen molar-refractivity contribution in [3.05, 3.63) is 35.4 Å². The second kappa shape index (κ2) is 6.48. The second-order valence-corrected chi connectivity index (χ2v) is 5.19. The number of benzene rings is 1. The van der Waals surface area contributed by atoms with Crippen molar-refractivity contribution in [1.29, 1.82) is 0 Å². The lowest BCUT2D eigenvalue weighted by molar-refractivity contribution is 0.207. The number of alkyl halides is 1. The zero-order chi connectivity index (χ0) is 13.0. The topological polar surface area (TPSA) is 3.24 Å². The zero-order valence-electron chi connectivity index (χ0n) is 10.3. The van der Waals surface area contributed by atoms with Crippen molar-refractivity contribution >= 4 is 11.6 Å². The molecule has 1 unspecified atom stereocenters. The van der Waals surface area contributed by atoms with Gasteiger partial charge in [-0.15, -0.1) is 11.6 Å². The van der Waals surface area contributed by atoms with Gasteiger partial charge in [-0.25, -0.2) is 8.78 Å². The molecule has 0 spiro atoms. The van der Waals surface area contributed by atoms with Crippen molar-refractivity contribution < 1.29 is 8.78 Å². The average molecular weight is 274 g/mol. The maximum absolute atomic E-state index is 13.2. The Hall–Kier alpha value is -0.670. The van der Waals surface area contributed by atoms with E-state index in [0.29, 0.717) is 18.5 Å². The van der Waals surface area contributed by atoms with Crippen LogP contribution in [0, 0.1) is 11.6 Å². The summed E-state index contributed by atoms with van der Waals surface area (Å²) in [5, 5.41) is 0. The summed E-state index contributed by atoms with van der Waals surface area (Å²) in [4.78, 5) is 2.28. The molecular formula is C14H18ClF2N. The van der Waals surface area contributed by atoms with E-state index < -0.39 is 11.6 Å². The highest BCUT2D eigenvalue weighted by atomic mass is 35.5. The Morgan fingerprint density at radius 3 is 2.72 bits per heavy atom. The minimum Gasteiger partial charge on any atom is -0.295 e. The van der Waals surface area contributed by atoms with Crippen LogP contribution in [0.1, 0.15) is 31.2 Å². The van der Waals surface area contributed by atoms with Gasteiger partial charge in [0, 0.05) is 18.5 Å². The van der Waals surface area contributed by atoms with Crippen molar-refractivity contribution in [3.8, 4) is 0 Å². The van der Waals surface area contributed by atoms with E-state index in [1.54, 1.807) is 6.07 Å². The Bertz CT molecular complexity index is 397. The molecule has 1 aliphatic heterocycles. The molecule has 1 aromatic rings. The molecular weight excluding hydrogens is 256 g/mol. The molecule has 0 N–H and O–H groups in total. The molecule has 1 aromatic carbocycles. The molecule has 0 radical (unpaired) electrons. The summed E-state index contributed by atoms with van der Waals surface area (Å²) in [5.74, 6) is -0.961. The van der Waals surface area contributed by atoms with Gasteiger partial charge in [-0.2, -0.15) is 0 Å². The highest BCUT2D eigenvalue weighted by Crippen LogP contribution is 2.21. The van der Waals surface area contributed by atoms with E-state index in [1.165, 1.54) is 25.0 Å². The van der Waals surface area contributed by atoms with Crippen LogP contribution < -0.4 is 0 Å². The van der Waals surface area contributed by atoms with Crippen LogP contribution in [0.3, 0.4) is 0 Å². The Morgan fingerprint density at radius 1 is 1.17 bits per heavy atom. The minimum absolute atomic E-state index is 0.349. The lowest BCUT2D eigenvalue weighted by Crippen LogP contribution is -2.35. The fourth-order valence-electron chi connectivity index (χ4n) is 2.49. The van der Waals surface area contributed by atoms with Gasteiger partial charge in [0.15, 0.2) is 11.6 Å². The molecule has 4 heteroatoms. The quantitative estimate of drug-likeness (QED) is 0.754. The Balaban J connectivity index is 2.07. The molecule has 1 saturated heterocycles. The molecule has 1 fully saturated rings. The van der Waals surface area contributed by atoms with Crippen molar-refractivity contribution in [2.45, 2.75) is 38.3 Å². The molecule has 0 aliphatic carbocycles. The van der Waals surface area contributed by atoms with Crippen LogP contribution in [0.25, 0.3) is 0 Å². The summed E-state index contributed by atoms with van der Waals surface area (Å²) in [6.07, 6.45) is 4.66. The number of rotatable bonds is 3. The first-order chi connectivity index (χ1) is 8.70. The first-order valence-corrected chi connectivity index (χ1v) is 6.98. The largest absolute Gasteiger partial charge is 0.295 e. The van der Waals surface area contributed by atoms with E-state index in [-0.39, 0.29) is 0 Å². The highest BCUT2D eigenvalue weighted by molar-refractivity contribution is 6.18. The molecule has 1 nitrogen and oxygen atoms in total. The van der Waals surface area contributed by atoms with Gasteiger partial charge in [-0.05, 0) is 37.1 Å². The molecule has 1 atom stereocenters. The third-order valence-electron chi connectivity index (χ3n) is 3.55. The van der Waals surface area contributed by atoms with Crippen LogP contribution in [0.2, 0.25) is 0 Å². The standard InChI is InChI=1S/C14H18ClF2N/c15-9-12-4-2-1-3-7-18(12)10-11-5-6-13(16)14(17)8-11/h5-6,8,12H,1-4,7,9-10H2. The Morgan fingerprint density at radius 2 is 2.00 bits per heavy atom. The number of halogens is 3. The van der Waals surface area contributed by atoms with Crippen molar-refractivity contribution in [2.24, 2.45) is 0 Å². The Labute approximate surface area is 112 Å². The fraction of sp³-hybridized carbons (Fsp3) is 0.571. The maximum Gasteiger partial charge on any atom is 0.159 e. The van der Waals surface area contributed by atoms with E-state index in [4.69, 9.17) is 11.6 Å². The van der Waals surface area contributed by atoms with Gasteiger partial charge >= 0.3 is 0 Å². The maximum atomic E-state index is 13.2. The lowest BCUT2D eigenvalue weighted by Gasteiger charge is -2.28. The summed E-state index contributed by atoms with van der Waals surface area (Å²) in [5.41, 5.74) is 0.811. The molecule has 18 heavy (non-hydrogen) atoms. The molecule has 0 amide bonds. The summed E-state index contributed by atoms with van der Waals surface area (Å²) >= 11 is 5.99. The fourth-order valence-corrected chi connectivity index (χ4v) is 2.84. The summed E-state index contributed by atoms with van der Waals surface area (Å²) < 4.78 is 26.0. The lowest BCUT2D eigenvalue weighted by atomic mass is 10.1. The van der Waals surface area contributed by atoms with E-state index >= 15 is 0 Å². The molecule has 1 aliphatic rings. The van der Waals surface area contributed by atoms with E-state index in [1.807, 2.05) is 0 Å². The van der Waals surface area contributed by atoms with Crippen LogP contribution in [0.5, 0.6) is 0 Å². The predicted molar refractivity (Wildman–Crippen MR) is 69.7 cm³/mol. The monoisotopic (exact) mass is 273 g/mol. The highest BCUT2D eigenvalue weighted by Gasteiger charge is 2.20. The summed E-state index contributed by atoms with van der Waals surface area (Å²) in [6.45, 7) is 1.63. The van der Waals surface area contributed by atoms with Crippen LogP contribution in [0.15, 0.2) is 18.2 Å². The number of hydrogen-bond acceptors (Lipinski definition) is 1. The second-order valence-electron chi connectivity index (χ2n) is 4.88.